The van der Waals surface area contributed by atoms with Gasteiger partial charge in [-0.15, -0.1) is 0 Å². The summed E-state index contributed by atoms with van der Waals surface area (Å²) >= 11 is 0. The van der Waals surface area contributed by atoms with Gasteiger partial charge in [0.25, 0.3) is 0 Å². The first kappa shape index (κ1) is 23.0. The number of carbonyl (C=O) groups is 4. The fourth-order valence-corrected chi connectivity index (χ4v) is 3.81. The number of benzene rings is 2. The highest BCUT2D eigenvalue weighted by molar-refractivity contribution is 6.58. The molecule has 0 unspecified atom stereocenters. The van der Waals surface area contributed by atoms with Gasteiger partial charge in [0.05, 0.1) is 12.2 Å². The van der Waals surface area contributed by atoms with Crippen molar-refractivity contribution >= 4 is 46.5 Å². The SMILES string of the molecule is CC(C)OC(=O)OC1=c2ccccc2=C2C(=O)C(OC(=O)OC(C)C)=c3ccccc3=C2C1=O. The van der Waals surface area contributed by atoms with Crippen LogP contribution in [0.25, 0.3) is 22.7 Å². The van der Waals surface area contributed by atoms with Crippen LogP contribution in [-0.4, -0.2) is 36.1 Å². The lowest BCUT2D eigenvalue weighted by atomic mass is 9.83. The Kier molecular flexibility index (Phi) is 6.06. The number of Topliss-reactive ketones (excluding diaryl/α,β-unsaturated/α-hetero) is 2. The second kappa shape index (κ2) is 8.97. The summed E-state index contributed by atoms with van der Waals surface area (Å²) in [5, 5.41) is 1.23. The van der Waals surface area contributed by atoms with Gasteiger partial charge in [-0.2, -0.15) is 0 Å². The molecule has 0 amide bonds. The van der Waals surface area contributed by atoms with Crippen LogP contribution in [0.4, 0.5) is 9.59 Å². The van der Waals surface area contributed by atoms with E-state index in [-0.39, 0.29) is 33.1 Å². The van der Waals surface area contributed by atoms with Crippen molar-refractivity contribution in [3.8, 4) is 0 Å². The molecule has 0 saturated heterocycles. The number of fused-ring (bicyclic) bond motifs is 3. The molecule has 2 aromatic rings. The molecule has 8 nitrogen and oxygen atoms in total. The Balaban J connectivity index is 2.01. The second-order valence-corrected chi connectivity index (χ2v) is 8.20. The largest absolute Gasteiger partial charge is 0.514 e. The van der Waals surface area contributed by atoms with Crippen LogP contribution in [0, 0.1) is 0 Å². The third-order valence-electron chi connectivity index (χ3n) is 5.03. The lowest BCUT2D eigenvalue weighted by molar-refractivity contribution is -0.112. The summed E-state index contributed by atoms with van der Waals surface area (Å²) in [7, 11) is 0. The van der Waals surface area contributed by atoms with Gasteiger partial charge in [0.2, 0.25) is 11.6 Å². The van der Waals surface area contributed by atoms with Crippen LogP contribution < -0.4 is 20.9 Å². The van der Waals surface area contributed by atoms with Crippen LogP contribution in [0.2, 0.25) is 0 Å². The highest BCUT2D eigenvalue weighted by atomic mass is 16.7. The molecule has 2 aromatic carbocycles. The number of hydrogen-bond acceptors (Lipinski definition) is 8. The first-order valence-electron chi connectivity index (χ1n) is 10.7. The van der Waals surface area contributed by atoms with Crippen LogP contribution in [0.1, 0.15) is 27.7 Å². The summed E-state index contributed by atoms with van der Waals surface area (Å²) in [6.07, 6.45) is -2.96. The van der Waals surface area contributed by atoms with Crippen LogP contribution in [0.15, 0.2) is 48.5 Å². The molecule has 0 saturated carbocycles. The van der Waals surface area contributed by atoms with E-state index in [0.717, 1.165) is 0 Å². The van der Waals surface area contributed by atoms with Gasteiger partial charge in [-0.25, -0.2) is 9.59 Å². The summed E-state index contributed by atoms with van der Waals surface area (Å²) in [5.41, 5.74) is 0.104. The topological polar surface area (TPSA) is 105 Å². The van der Waals surface area contributed by atoms with Gasteiger partial charge in [0.15, 0.2) is 11.5 Å². The summed E-state index contributed by atoms with van der Waals surface area (Å²) in [5.74, 6) is -1.80. The molecule has 4 rings (SSSR count). The molecular formula is C26H22O8. The van der Waals surface area contributed by atoms with Gasteiger partial charge in [0, 0.05) is 21.6 Å². The van der Waals surface area contributed by atoms with Crippen molar-refractivity contribution < 1.29 is 38.1 Å². The number of ether oxygens (including phenoxy) is 4. The normalized spacial score (nSPS) is 14.5. The molecule has 34 heavy (non-hydrogen) atoms. The van der Waals surface area contributed by atoms with E-state index >= 15 is 0 Å². The molecule has 0 fully saturated rings. The molecule has 0 heterocycles. The third-order valence-corrected chi connectivity index (χ3v) is 5.03. The van der Waals surface area contributed by atoms with Crippen molar-refractivity contribution in [1.82, 2.24) is 0 Å². The molecule has 0 N–H and O–H groups in total. The molecular weight excluding hydrogens is 440 g/mol. The van der Waals surface area contributed by atoms with Gasteiger partial charge < -0.3 is 18.9 Å². The van der Waals surface area contributed by atoms with E-state index in [1.54, 1.807) is 76.2 Å². The minimum absolute atomic E-state index is 0.0521. The van der Waals surface area contributed by atoms with Crippen molar-refractivity contribution in [2.24, 2.45) is 0 Å². The summed E-state index contributed by atoms with van der Waals surface area (Å²) in [4.78, 5) is 51.7. The fraction of sp³-hybridized carbons (Fsp3) is 0.231. The molecule has 0 spiro atoms. The number of carbonyl (C=O) groups excluding carboxylic acids is 4. The van der Waals surface area contributed by atoms with Crippen molar-refractivity contribution in [3.63, 3.8) is 0 Å². The Morgan fingerprint density at radius 1 is 0.588 bits per heavy atom. The lowest BCUT2D eigenvalue weighted by Crippen LogP contribution is -2.47. The van der Waals surface area contributed by atoms with Gasteiger partial charge in [-0.05, 0) is 38.1 Å². The van der Waals surface area contributed by atoms with Crippen LogP contribution >= 0.6 is 0 Å². The molecule has 2 aliphatic carbocycles. The number of hydrogen-bond donors (Lipinski definition) is 0. The molecule has 0 aliphatic heterocycles. The number of rotatable bonds is 4. The Morgan fingerprint density at radius 2 is 0.912 bits per heavy atom. The summed E-state index contributed by atoms with van der Waals surface area (Å²) < 4.78 is 20.7. The maximum absolute atomic E-state index is 13.6. The first-order chi connectivity index (χ1) is 16.2. The van der Waals surface area contributed by atoms with Crippen molar-refractivity contribution in [3.05, 3.63) is 69.4 Å². The first-order valence-corrected chi connectivity index (χ1v) is 10.7. The van der Waals surface area contributed by atoms with Crippen LogP contribution in [0.3, 0.4) is 0 Å². The van der Waals surface area contributed by atoms with E-state index in [1.165, 1.54) is 0 Å². The molecule has 0 aromatic heterocycles. The average molecular weight is 462 g/mol. The predicted octanol–water partition coefficient (Wildman–Crippen LogP) is 1.19. The van der Waals surface area contributed by atoms with Crippen molar-refractivity contribution in [2.75, 3.05) is 0 Å². The minimum atomic E-state index is -1.03. The summed E-state index contributed by atoms with van der Waals surface area (Å²) in [6.45, 7) is 6.61. The zero-order valence-corrected chi connectivity index (χ0v) is 19.0. The van der Waals surface area contributed by atoms with Crippen molar-refractivity contribution in [1.29, 1.82) is 0 Å². The molecule has 2 aliphatic rings. The monoisotopic (exact) mass is 462 g/mol. The highest BCUT2D eigenvalue weighted by Gasteiger charge is 2.37. The standard InChI is InChI=1S/C26H22O8/c1-13(2)31-25(29)33-23-17-11-7-5-9-15(17)20-19(21(23)27)16-10-6-8-12-18(16)24(22(20)28)34-26(30)32-14(3)4/h5-14H,1-4H3. The Hall–Kier alpha value is -4.20. The van der Waals surface area contributed by atoms with Gasteiger partial charge in [-0.3, -0.25) is 9.59 Å². The quantitative estimate of drug-likeness (QED) is 0.624. The van der Waals surface area contributed by atoms with E-state index < -0.39 is 36.1 Å². The zero-order valence-electron chi connectivity index (χ0n) is 19.0. The fourth-order valence-electron chi connectivity index (χ4n) is 3.81. The highest BCUT2D eigenvalue weighted by Crippen LogP contribution is 2.26. The van der Waals surface area contributed by atoms with Crippen molar-refractivity contribution in [2.45, 2.75) is 39.9 Å². The maximum Gasteiger partial charge on any atom is 0.514 e. The van der Waals surface area contributed by atoms with Crippen LogP contribution in [0.5, 0.6) is 0 Å². The van der Waals surface area contributed by atoms with E-state index in [0.29, 0.717) is 10.4 Å². The molecule has 8 heteroatoms. The minimum Gasteiger partial charge on any atom is -0.431 e. The zero-order chi connectivity index (χ0) is 24.6. The van der Waals surface area contributed by atoms with E-state index in [9.17, 15) is 19.2 Å². The Labute approximate surface area is 194 Å². The molecule has 0 radical (unpaired) electrons. The van der Waals surface area contributed by atoms with E-state index in [2.05, 4.69) is 0 Å². The predicted molar refractivity (Wildman–Crippen MR) is 120 cm³/mol. The third kappa shape index (κ3) is 4.10. The van der Waals surface area contributed by atoms with E-state index in [1.807, 2.05) is 0 Å². The van der Waals surface area contributed by atoms with Crippen LogP contribution in [-0.2, 0) is 28.5 Å². The lowest BCUT2D eigenvalue weighted by Gasteiger charge is -2.22. The molecule has 0 bridgehead atoms. The average Bonchev–Trinajstić information content (AvgIpc) is 2.77. The van der Waals surface area contributed by atoms with Gasteiger partial charge in [-0.1, -0.05) is 48.5 Å². The summed E-state index contributed by atoms with van der Waals surface area (Å²) in [6, 6.07) is 13.1. The molecule has 174 valence electrons. The smallest absolute Gasteiger partial charge is 0.431 e. The van der Waals surface area contributed by atoms with Gasteiger partial charge >= 0.3 is 12.3 Å². The van der Waals surface area contributed by atoms with E-state index in [4.69, 9.17) is 18.9 Å². The maximum atomic E-state index is 13.6. The Morgan fingerprint density at radius 3 is 1.24 bits per heavy atom. The number of ketones is 2. The second-order valence-electron chi connectivity index (χ2n) is 8.20. The Bertz CT molecular complexity index is 1360. The van der Waals surface area contributed by atoms with Gasteiger partial charge in [0.1, 0.15) is 0 Å². The molecule has 0 atom stereocenters.